The molecule has 8 heteroatoms. The Morgan fingerprint density at radius 1 is 0.909 bits per heavy atom. The third-order valence-corrected chi connectivity index (χ3v) is 2.89. The van der Waals surface area contributed by atoms with Crippen LogP contribution in [0.2, 0.25) is 0 Å². The van der Waals surface area contributed by atoms with Crippen LogP contribution in [-0.4, -0.2) is 37.0 Å². The van der Waals surface area contributed by atoms with Crippen LogP contribution >= 0.6 is 0 Å². The summed E-state index contributed by atoms with van der Waals surface area (Å²) in [5.41, 5.74) is 7.90. The quantitative estimate of drug-likeness (QED) is 0.769. The first-order valence-electron chi connectivity index (χ1n) is 6.47. The molecule has 0 spiro atoms. The monoisotopic (exact) mass is 295 g/mol. The molecular weight excluding hydrogens is 282 g/mol. The first-order chi connectivity index (χ1) is 10.7. The van der Waals surface area contributed by atoms with E-state index in [2.05, 4.69) is 29.9 Å². The van der Waals surface area contributed by atoms with Gasteiger partial charge in [0.2, 0.25) is 11.8 Å². The largest absolute Gasteiger partial charge is 0.479 e. The Morgan fingerprint density at radius 3 is 2.41 bits per heavy atom. The van der Waals surface area contributed by atoms with Crippen molar-refractivity contribution in [2.24, 2.45) is 0 Å². The number of rotatable bonds is 3. The molecule has 0 amide bonds. The number of methoxy groups -OCH3 is 1. The highest BCUT2D eigenvalue weighted by Crippen LogP contribution is 2.27. The standard InChI is InChI=1S/C14H13N7O/c1-8-16-5-3-9(19-8)11-7-18-13(22-2)12(20-11)10-4-6-17-14(15)21-10/h3-7H,1-2H3,(H2,15,17,21). The van der Waals surface area contributed by atoms with Gasteiger partial charge in [-0.2, -0.15) is 0 Å². The van der Waals surface area contributed by atoms with E-state index in [4.69, 9.17) is 10.5 Å². The second-order valence-corrected chi connectivity index (χ2v) is 4.40. The lowest BCUT2D eigenvalue weighted by Crippen LogP contribution is -2.01. The van der Waals surface area contributed by atoms with Gasteiger partial charge >= 0.3 is 0 Å². The molecule has 0 saturated carbocycles. The molecule has 0 atom stereocenters. The average Bonchev–Trinajstić information content (AvgIpc) is 2.54. The summed E-state index contributed by atoms with van der Waals surface area (Å²) in [6.45, 7) is 1.81. The first-order valence-corrected chi connectivity index (χ1v) is 6.47. The summed E-state index contributed by atoms with van der Waals surface area (Å²) in [7, 11) is 1.52. The van der Waals surface area contributed by atoms with Gasteiger partial charge in [0.15, 0.2) is 5.69 Å². The Bertz CT molecular complexity index is 822. The van der Waals surface area contributed by atoms with Crippen LogP contribution < -0.4 is 10.5 Å². The van der Waals surface area contributed by atoms with E-state index >= 15 is 0 Å². The van der Waals surface area contributed by atoms with E-state index in [1.807, 2.05) is 6.92 Å². The molecule has 110 valence electrons. The zero-order valence-corrected chi connectivity index (χ0v) is 12.1. The molecule has 0 bridgehead atoms. The minimum atomic E-state index is 0.157. The summed E-state index contributed by atoms with van der Waals surface area (Å²) in [6, 6.07) is 3.46. The van der Waals surface area contributed by atoms with Gasteiger partial charge < -0.3 is 10.5 Å². The number of nitrogens with zero attached hydrogens (tertiary/aromatic N) is 6. The molecule has 0 aliphatic heterocycles. The Hall–Kier alpha value is -3.16. The van der Waals surface area contributed by atoms with Crippen molar-refractivity contribution in [1.82, 2.24) is 29.9 Å². The summed E-state index contributed by atoms with van der Waals surface area (Å²) in [5.74, 6) is 1.17. The molecule has 3 rings (SSSR count). The number of nitrogens with two attached hydrogens (primary N) is 1. The Balaban J connectivity index is 2.14. The van der Waals surface area contributed by atoms with Crippen molar-refractivity contribution in [2.45, 2.75) is 6.92 Å². The maximum absolute atomic E-state index is 5.62. The van der Waals surface area contributed by atoms with Crippen molar-refractivity contribution < 1.29 is 4.74 Å². The highest BCUT2D eigenvalue weighted by Gasteiger charge is 2.14. The van der Waals surface area contributed by atoms with Gasteiger partial charge in [-0.1, -0.05) is 0 Å². The van der Waals surface area contributed by atoms with Gasteiger partial charge in [0.1, 0.15) is 11.5 Å². The predicted molar refractivity (Wildman–Crippen MR) is 79.8 cm³/mol. The molecule has 0 radical (unpaired) electrons. The Kier molecular flexibility index (Phi) is 3.57. The number of ether oxygens (including phenoxy) is 1. The number of hydrogen-bond acceptors (Lipinski definition) is 8. The third kappa shape index (κ3) is 2.66. The highest BCUT2D eigenvalue weighted by molar-refractivity contribution is 5.65. The maximum atomic E-state index is 5.62. The molecule has 0 fully saturated rings. The summed E-state index contributed by atoms with van der Waals surface area (Å²) in [6.07, 6.45) is 4.82. The lowest BCUT2D eigenvalue weighted by Gasteiger charge is -2.08. The van der Waals surface area contributed by atoms with Crippen LogP contribution in [0.1, 0.15) is 5.82 Å². The topological polar surface area (TPSA) is 113 Å². The number of nitrogen functional groups attached to an aromatic ring is 1. The summed E-state index contributed by atoms with van der Waals surface area (Å²) in [4.78, 5) is 25.2. The molecule has 3 aromatic rings. The van der Waals surface area contributed by atoms with Crippen LogP contribution in [0.25, 0.3) is 22.8 Å². The average molecular weight is 295 g/mol. The Morgan fingerprint density at radius 2 is 1.68 bits per heavy atom. The fourth-order valence-electron chi connectivity index (χ4n) is 1.92. The van der Waals surface area contributed by atoms with Gasteiger partial charge in [0.25, 0.3) is 0 Å². The summed E-state index contributed by atoms with van der Waals surface area (Å²) >= 11 is 0. The van der Waals surface area contributed by atoms with Gasteiger partial charge in [0, 0.05) is 12.4 Å². The van der Waals surface area contributed by atoms with Crippen LogP contribution in [-0.2, 0) is 0 Å². The lowest BCUT2D eigenvalue weighted by atomic mass is 10.2. The van der Waals surface area contributed by atoms with Crippen LogP contribution in [0, 0.1) is 6.92 Å². The van der Waals surface area contributed by atoms with Crippen LogP contribution in [0.15, 0.2) is 30.7 Å². The zero-order valence-electron chi connectivity index (χ0n) is 12.1. The van der Waals surface area contributed by atoms with Crippen LogP contribution in [0.4, 0.5) is 5.95 Å². The molecule has 0 aromatic carbocycles. The maximum Gasteiger partial charge on any atom is 0.242 e. The van der Waals surface area contributed by atoms with E-state index in [0.29, 0.717) is 34.5 Å². The fraction of sp³-hybridized carbons (Fsp3) is 0.143. The first kappa shape index (κ1) is 13.8. The molecule has 22 heavy (non-hydrogen) atoms. The number of hydrogen-bond donors (Lipinski definition) is 1. The van der Waals surface area contributed by atoms with Crippen LogP contribution in [0.3, 0.4) is 0 Å². The third-order valence-electron chi connectivity index (χ3n) is 2.89. The van der Waals surface area contributed by atoms with E-state index in [0.717, 1.165) is 0 Å². The van der Waals surface area contributed by atoms with Gasteiger partial charge in [-0.05, 0) is 19.1 Å². The van der Waals surface area contributed by atoms with Gasteiger partial charge in [-0.15, -0.1) is 0 Å². The molecule has 3 aromatic heterocycles. The van der Waals surface area contributed by atoms with Crippen molar-refractivity contribution in [3.05, 3.63) is 36.5 Å². The van der Waals surface area contributed by atoms with Crippen molar-refractivity contribution >= 4 is 5.95 Å². The minimum Gasteiger partial charge on any atom is -0.479 e. The van der Waals surface area contributed by atoms with E-state index in [-0.39, 0.29) is 5.95 Å². The van der Waals surface area contributed by atoms with Crippen molar-refractivity contribution in [1.29, 1.82) is 0 Å². The van der Waals surface area contributed by atoms with Crippen molar-refractivity contribution in [2.75, 3.05) is 12.8 Å². The number of aryl methyl sites for hydroxylation is 1. The second kappa shape index (κ2) is 5.68. The SMILES string of the molecule is COc1ncc(-c2ccnc(C)n2)nc1-c1ccnc(N)n1. The molecule has 8 nitrogen and oxygen atoms in total. The van der Waals surface area contributed by atoms with Crippen LogP contribution in [0.5, 0.6) is 5.88 Å². The molecular formula is C14H13N7O. The molecule has 2 N–H and O–H groups in total. The molecule has 0 aliphatic carbocycles. The lowest BCUT2D eigenvalue weighted by molar-refractivity contribution is 0.398. The fourth-order valence-corrected chi connectivity index (χ4v) is 1.92. The number of aromatic nitrogens is 6. The number of anilines is 1. The van der Waals surface area contributed by atoms with E-state index < -0.39 is 0 Å². The molecule has 0 aliphatic rings. The second-order valence-electron chi connectivity index (χ2n) is 4.40. The highest BCUT2D eigenvalue weighted by atomic mass is 16.5. The summed E-state index contributed by atoms with van der Waals surface area (Å²) in [5, 5.41) is 0. The van der Waals surface area contributed by atoms with Crippen molar-refractivity contribution in [3.63, 3.8) is 0 Å². The van der Waals surface area contributed by atoms with E-state index in [1.165, 1.54) is 7.11 Å². The van der Waals surface area contributed by atoms with E-state index in [1.54, 1.807) is 30.7 Å². The van der Waals surface area contributed by atoms with Gasteiger partial charge in [-0.25, -0.2) is 29.9 Å². The predicted octanol–water partition coefficient (Wildman–Crippen LogP) is 1.29. The molecule has 0 saturated heterocycles. The Labute approximate surface area is 126 Å². The smallest absolute Gasteiger partial charge is 0.242 e. The molecule has 3 heterocycles. The van der Waals surface area contributed by atoms with Crippen molar-refractivity contribution in [3.8, 4) is 28.7 Å². The summed E-state index contributed by atoms with van der Waals surface area (Å²) < 4.78 is 5.25. The van der Waals surface area contributed by atoms with Gasteiger partial charge in [-0.3, -0.25) is 0 Å². The minimum absolute atomic E-state index is 0.157. The normalized spacial score (nSPS) is 10.5. The van der Waals surface area contributed by atoms with Gasteiger partial charge in [0.05, 0.1) is 24.7 Å². The zero-order chi connectivity index (χ0) is 15.5. The molecule has 0 unspecified atom stereocenters. The van der Waals surface area contributed by atoms with E-state index in [9.17, 15) is 0 Å².